The topological polar surface area (TPSA) is 72.2 Å². The van der Waals surface area contributed by atoms with Gasteiger partial charge in [-0.3, -0.25) is 14.9 Å². The largest absolute Gasteiger partial charge is 0.326 e. The Morgan fingerprint density at radius 2 is 2.18 bits per heavy atom. The maximum absolute atomic E-state index is 11.6. The van der Waals surface area contributed by atoms with Crippen LogP contribution in [0.15, 0.2) is 24.3 Å². The molecule has 0 aliphatic heterocycles. The highest BCUT2D eigenvalue weighted by atomic mass is 35.5. The Balaban J connectivity index is 2.07. The number of nitro benzene ring substituents is 1. The van der Waals surface area contributed by atoms with Gasteiger partial charge in [0.2, 0.25) is 5.91 Å². The maximum atomic E-state index is 11.6. The van der Waals surface area contributed by atoms with Crippen molar-refractivity contribution < 1.29 is 9.72 Å². The average molecular weight is 275 g/mol. The number of hydrogen-bond donors (Lipinski definition) is 1. The van der Waals surface area contributed by atoms with E-state index < -0.39 is 15.2 Å². The van der Waals surface area contributed by atoms with Crippen LogP contribution in [0.1, 0.15) is 6.42 Å². The Morgan fingerprint density at radius 1 is 1.53 bits per heavy atom. The van der Waals surface area contributed by atoms with E-state index in [0.29, 0.717) is 12.1 Å². The number of benzene rings is 1. The summed E-state index contributed by atoms with van der Waals surface area (Å²) in [7, 11) is 0. The highest BCUT2D eigenvalue weighted by molar-refractivity contribution is 6.52. The predicted octanol–water partition coefficient (Wildman–Crippen LogP) is 2.73. The van der Waals surface area contributed by atoms with Gasteiger partial charge in [-0.25, -0.2) is 0 Å². The van der Waals surface area contributed by atoms with Crippen LogP contribution in [0.3, 0.4) is 0 Å². The minimum Gasteiger partial charge on any atom is -0.326 e. The van der Waals surface area contributed by atoms with E-state index in [-0.39, 0.29) is 11.6 Å². The minimum absolute atomic E-state index is 0.0818. The van der Waals surface area contributed by atoms with Crippen molar-refractivity contribution >= 4 is 40.5 Å². The van der Waals surface area contributed by atoms with Crippen LogP contribution in [0.4, 0.5) is 11.4 Å². The number of nitrogens with one attached hydrogen (secondary N) is 1. The molecule has 1 aromatic carbocycles. The number of carbonyl (C=O) groups is 1. The normalized spacial score (nSPS) is 20.7. The van der Waals surface area contributed by atoms with E-state index in [1.54, 1.807) is 6.07 Å². The van der Waals surface area contributed by atoms with Gasteiger partial charge < -0.3 is 5.32 Å². The van der Waals surface area contributed by atoms with Crippen LogP contribution >= 0.6 is 23.2 Å². The van der Waals surface area contributed by atoms with Crippen molar-refractivity contribution in [1.29, 1.82) is 0 Å². The highest BCUT2D eigenvalue weighted by Crippen LogP contribution is 2.53. The van der Waals surface area contributed by atoms with Gasteiger partial charge in [0, 0.05) is 17.8 Å². The number of rotatable bonds is 3. The number of alkyl halides is 2. The Labute approximate surface area is 107 Å². The van der Waals surface area contributed by atoms with Crippen molar-refractivity contribution in [3.05, 3.63) is 34.4 Å². The second-order valence-electron chi connectivity index (χ2n) is 3.81. The van der Waals surface area contributed by atoms with Crippen LogP contribution in [0.25, 0.3) is 0 Å². The molecule has 1 saturated carbocycles. The summed E-state index contributed by atoms with van der Waals surface area (Å²) in [6.07, 6.45) is 0.400. The van der Waals surface area contributed by atoms with Crippen molar-refractivity contribution in [3.8, 4) is 0 Å². The molecule has 1 aliphatic carbocycles. The summed E-state index contributed by atoms with van der Waals surface area (Å²) in [6.45, 7) is 0. The number of nitro groups is 1. The van der Waals surface area contributed by atoms with Crippen molar-refractivity contribution in [2.45, 2.75) is 10.8 Å². The highest BCUT2D eigenvalue weighted by Gasteiger charge is 2.56. The molecule has 0 radical (unpaired) electrons. The quantitative estimate of drug-likeness (QED) is 0.523. The Kier molecular flexibility index (Phi) is 2.97. The van der Waals surface area contributed by atoms with Crippen LogP contribution in [-0.2, 0) is 4.79 Å². The third-order valence-electron chi connectivity index (χ3n) is 2.47. The first-order valence-corrected chi connectivity index (χ1v) is 5.59. The molecule has 90 valence electrons. The average Bonchev–Trinajstić information content (AvgIpc) is 2.88. The van der Waals surface area contributed by atoms with Gasteiger partial charge in [-0.05, 0) is 12.5 Å². The molecule has 1 amide bonds. The molecular formula is C10H8Cl2N2O3. The first-order valence-electron chi connectivity index (χ1n) is 4.83. The molecule has 0 bridgehead atoms. The van der Waals surface area contributed by atoms with E-state index >= 15 is 0 Å². The summed E-state index contributed by atoms with van der Waals surface area (Å²) < 4.78 is -0.995. The zero-order chi connectivity index (χ0) is 12.6. The fraction of sp³-hybridized carbons (Fsp3) is 0.300. The number of anilines is 1. The Bertz CT molecular complexity index is 490. The SMILES string of the molecule is O=C(Nc1cccc([N+](=O)[O-])c1)C1CC1(Cl)Cl. The van der Waals surface area contributed by atoms with Crippen molar-refractivity contribution in [2.75, 3.05) is 5.32 Å². The number of nitrogens with zero attached hydrogens (tertiary/aromatic N) is 1. The first kappa shape index (κ1) is 12.1. The van der Waals surface area contributed by atoms with E-state index in [2.05, 4.69) is 5.32 Å². The lowest BCUT2D eigenvalue weighted by atomic mass is 10.2. The zero-order valence-corrected chi connectivity index (χ0v) is 10.0. The van der Waals surface area contributed by atoms with Gasteiger partial charge in [0.15, 0.2) is 0 Å². The van der Waals surface area contributed by atoms with Crippen LogP contribution in [0.2, 0.25) is 0 Å². The molecule has 1 unspecified atom stereocenters. The monoisotopic (exact) mass is 274 g/mol. The van der Waals surface area contributed by atoms with E-state index in [1.807, 2.05) is 0 Å². The molecule has 17 heavy (non-hydrogen) atoms. The molecular weight excluding hydrogens is 267 g/mol. The van der Waals surface area contributed by atoms with Crippen molar-refractivity contribution in [1.82, 2.24) is 0 Å². The maximum Gasteiger partial charge on any atom is 0.271 e. The summed E-state index contributed by atoms with van der Waals surface area (Å²) in [5.74, 6) is -0.777. The number of carbonyl (C=O) groups excluding carboxylic acids is 1. The molecule has 1 aromatic rings. The predicted molar refractivity (Wildman–Crippen MR) is 64.3 cm³/mol. The van der Waals surface area contributed by atoms with Crippen LogP contribution in [-0.4, -0.2) is 15.2 Å². The fourth-order valence-corrected chi connectivity index (χ4v) is 1.93. The van der Waals surface area contributed by atoms with Crippen LogP contribution < -0.4 is 5.32 Å². The molecule has 1 aliphatic rings. The summed E-state index contributed by atoms with van der Waals surface area (Å²) in [5, 5.41) is 13.1. The standard InChI is InChI=1S/C10H8Cl2N2O3/c11-10(12)5-8(10)9(15)13-6-2-1-3-7(4-6)14(16)17/h1-4,8H,5H2,(H,13,15). The van der Waals surface area contributed by atoms with Gasteiger partial charge in [0.1, 0.15) is 4.33 Å². The Hall–Kier alpha value is -1.33. The molecule has 7 heteroatoms. The van der Waals surface area contributed by atoms with Gasteiger partial charge >= 0.3 is 0 Å². The fourth-order valence-electron chi connectivity index (χ4n) is 1.42. The second kappa shape index (κ2) is 4.16. The van der Waals surface area contributed by atoms with E-state index in [9.17, 15) is 14.9 Å². The minimum atomic E-state index is -0.995. The molecule has 1 N–H and O–H groups in total. The molecule has 5 nitrogen and oxygen atoms in total. The lowest BCUT2D eigenvalue weighted by Crippen LogP contribution is -2.16. The van der Waals surface area contributed by atoms with E-state index in [1.165, 1.54) is 18.2 Å². The summed E-state index contributed by atoms with van der Waals surface area (Å²) >= 11 is 11.5. The van der Waals surface area contributed by atoms with E-state index in [4.69, 9.17) is 23.2 Å². The van der Waals surface area contributed by atoms with Gasteiger partial charge in [-0.15, -0.1) is 23.2 Å². The Morgan fingerprint density at radius 3 is 2.71 bits per heavy atom. The van der Waals surface area contributed by atoms with Gasteiger partial charge in [-0.2, -0.15) is 0 Å². The lowest BCUT2D eigenvalue weighted by Gasteiger charge is -2.04. The van der Waals surface area contributed by atoms with Crippen molar-refractivity contribution in [3.63, 3.8) is 0 Å². The summed E-state index contributed by atoms with van der Waals surface area (Å²) in [4.78, 5) is 21.6. The van der Waals surface area contributed by atoms with Crippen LogP contribution in [0, 0.1) is 16.0 Å². The summed E-state index contributed by atoms with van der Waals surface area (Å²) in [5.41, 5.74) is 0.279. The molecule has 0 saturated heterocycles. The third kappa shape index (κ3) is 2.68. The number of halogens is 2. The zero-order valence-electron chi connectivity index (χ0n) is 8.52. The number of hydrogen-bond acceptors (Lipinski definition) is 3. The molecule has 1 atom stereocenters. The van der Waals surface area contributed by atoms with Crippen molar-refractivity contribution in [2.24, 2.45) is 5.92 Å². The van der Waals surface area contributed by atoms with E-state index in [0.717, 1.165) is 0 Å². The molecule has 1 fully saturated rings. The molecule has 0 heterocycles. The molecule has 2 rings (SSSR count). The molecule has 0 spiro atoms. The molecule has 0 aromatic heterocycles. The number of amides is 1. The smallest absolute Gasteiger partial charge is 0.271 e. The van der Waals surface area contributed by atoms with Gasteiger partial charge in [0.25, 0.3) is 5.69 Å². The van der Waals surface area contributed by atoms with Gasteiger partial charge in [-0.1, -0.05) is 6.07 Å². The lowest BCUT2D eigenvalue weighted by molar-refractivity contribution is -0.384. The second-order valence-corrected chi connectivity index (χ2v) is 5.36. The number of non-ortho nitro benzene ring substituents is 1. The van der Waals surface area contributed by atoms with Crippen LogP contribution in [0.5, 0.6) is 0 Å². The summed E-state index contributed by atoms with van der Waals surface area (Å²) in [6, 6.07) is 5.69. The first-order chi connectivity index (χ1) is 7.90. The third-order valence-corrected chi connectivity index (χ3v) is 3.30. The van der Waals surface area contributed by atoms with Gasteiger partial charge in [0.05, 0.1) is 10.8 Å².